The summed E-state index contributed by atoms with van der Waals surface area (Å²) in [6.45, 7) is 4.95. The van der Waals surface area contributed by atoms with Gasteiger partial charge in [0.05, 0.1) is 6.04 Å². The lowest BCUT2D eigenvalue weighted by atomic mass is 10.1. The smallest absolute Gasteiger partial charge is 0.287 e. The van der Waals surface area contributed by atoms with Crippen molar-refractivity contribution in [2.45, 2.75) is 38.6 Å². The van der Waals surface area contributed by atoms with E-state index in [4.69, 9.17) is 4.42 Å². The van der Waals surface area contributed by atoms with Crippen molar-refractivity contribution in [2.75, 3.05) is 19.6 Å². The van der Waals surface area contributed by atoms with Crippen LogP contribution in [0.2, 0.25) is 0 Å². The number of benzene rings is 1. The van der Waals surface area contributed by atoms with Gasteiger partial charge in [0.2, 0.25) is 0 Å². The number of likely N-dealkylation sites (tertiary alicyclic amines) is 1. The van der Waals surface area contributed by atoms with Crippen LogP contribution in [0.3, 0.4) is 0 Å². The fourth-order valence-corrected chi connectivity index (χ4v) is 3.92. The van der Waals surface area contributed by atoms with E-state index < -0.39 is 0 Å². The van der Waals surface area contributed by atoms with Crippen molar-refractivity contribution in [3.63, 3.8) is 0 Å². The summed E-state index contributed by atoms with van der Waals surface area (Å²) >= 11 is 0. The molecule has 2 N–H and O–H groups in total. The molecule has 5 heteroatoms. The summed E-state index contributed by atoms with van der Waals surface area (Å²) < 4.78 is 5.86. The van der Waals surface area contributed by atoms with Crippen molar-refractivity contribution >= 4 is 16.8 Å². The Morgan fingerprint density at radius 1 is 1.19 bits per heavy atom. The standard InChI is InChI=1S/C22H27N3O2/c1-16(25-13-5-2-6-14-25)20-9-10-21(27-20)22(26)23-12-11-17-15-24-19-8-4-3-7-18(17)19/h3-4,7-10,15-16,24H,2,5-6,11-14H2,1H3,(H,23,26)/t16-/m0/s1. The first-order chi connectivity index (χ1) is 13.2. The minimum atomic E-state index is -0.146. The average molecular weight is 365 g/mol. The lowest BCUT2D eigenvalue weighted by molar-refractivity contribution is 0.0917. The second-order valence-electron chi connectivity index (χ2n) is 7.34. The van der Waals surface area contributed by atoms with Crippen LogP contribution in [0.4, 0.5) is 0 Å². The second kappa shape index (κ2) is 8.01. The minimum Gasteiger partial charge on any atom is -0.454 e. The molecule has 0 bridgehead atoms. The Bertz CT molecular complexity index is 905. The molecule has 1 fully saturated rings. The van der Waals surface area contributed by atoms with Crippen LogP contribution in [0.15, 0.2) is 47.0 Å². The summed E-state index contributed by atoms with van der Waals surface area (Å²) in [6, 6.07) is 12.2. The van der Waals surface area contributed by atoms with E-state index in [1.165, 1.54) is 30.2 Å². The zero-order valence-electron chi connectivity index (χ0n) is 15.8. The molecule has 1 saturated heterocycles. The maximum absolute atomic E-state index is 12.4. The normalized spacial score (nSPS) is 16.5. The van der Waals surface area contributed by atoms with Gasteiger partial charge in [-0.25, -0.2) is 0 Å². The zero-order chi connectivity index (χ0) is 18.6. The van der Waals surface area contributed by atoms with Gasteiger partial charge in [0.15, 0.2) is 5.76 Å². The van der Waals surface area contributed by atoms with E-state index in [1.54, 1.807) is 6.07 Å². The Kier molecular flexibility index (Phi) is 5.30. The molecule has 4 rings (SSSR count). The summed E-state index contributed by atoms with van der Waals surface area (Å²) in [6.07, 6.45) is 6.60. The molecule has 0 spiro atoms. The van der Waals surface area contributed by atoms with E-state index >= 15 is 0 Å². The van der Waals surface area contributed by atoms with Crippen molar-refractivity contribution in [2.24, 2.45) is 0 Å². The summed E-state index contributed by atoms with van der Waals surface area (Å²) in [5.41, 5.74) is 2.34. The van der Waals surface area contributed by atoms with Crippen molar-refractivity contribution in [3.05, 3.63) is 59.7 Å². The number of fused-ring (bicyclic) bond motifs is 1. The summed E-state index contributed by atoms with van der Waals surface area (Å²) in [4.78, 5) is 18.1. The third-order valence-corrected chi connectivity index (χ3v) is 5.56. The first-order valence-corrected chi connectivity index (χ1v) is 9.89. The van der Waals surface area contributed by atoms with Gasteiger partial charge in [-0.05, 0) is 63.0 Å². The third kappa shape index (κ3) is 3.93. The van der Waals surface area contributed by atoms with Crippen LogP contribution in [0, 0.1) is 0 Å². The van der Waals surface area contributed by atoms with Gasteiger partial charge in [0.1, 0.15) is 5.76 Å². The number of aromatic amines is 1. The van der Waals surface area contributed by atoms with Crippen LogP contribution in [0.25, 0.3) is 10.9 Å². The van der Waals surface area contributed by atoms with Crippen LogP contribution >= 0.6 is 0 Å². The molecule has 1 aliphatic heterocycles. The topological polar surface area (TPSA) is 61.3 Å². The molecule has 3 heterocycles. The molecule has 2 aromatic heterocycles. The van der Waals surface area contributed by atoms with Crippen molar-refractivity contribution in [1.82, 2.24) is 15.2 Å². The molecule has 1 aliphatic rings. The molecule has 1 amide bonds. The monoisotopic (exact) mass is 365 g/mol. The number of furan rings is 1. The predicted molar refractivity (Wildman–Crippen MR) is 107 cm³/mol. The zero-order valence-corrected chi connectivity index (χ0v) is 15.8. The molecule has 27 heavy (non-hydrogen) atoms. The highest BCUT2D eigenvalue weighted by Gasteiger charge is 2.22. The van der Waals surface area contributed by atoms with Crippen LogP contribution in [0.1, 0.15) is 54.1 Å². The van der Waals surface area contributed by atoms with Gasteiger partial charge < -0.3 is 14.7 Å². The van der Waals surface area contributed by atoms with E-state index in [2.05, 4.69) is 34.3 Å². The van der Waals surface area contributed by atoms with Crippen LogP contribution < -0.4 is 5.32 Å². The number of para-hydroxylation sites is 1. The number of hydrogen-bond acceptors (Lipinski definition) is 3. The highest BCUT2D eigenvalue weighted by molar-refractivity contribution is 5.91. The molecular weight excluding hydrogens is 338 g/mol. The SMILES string of the molecule is C[C@@H](c1ccc(C(=O)NCCc2c[nH]c3ccccc23)o1)N1CCCCC1. The molecule has 1 atom stereocenters. The number of amides is 1. The van der Waals surface area contributed by atoms with Crippen LogP contribution in [0.5, 0.6) is 0 Å². The van der Waals surface area contributed by atoms with E-state index in [9.17, 15) is 4.79 Å². The Morgan fingerprint density at radius 2 is 2.00 bits per heavy atom. The molecule has 5 nitrogen and oxygen atoms in total. The Labute approximate surface area is 159 Å². The first-order valence-electron chi connectivity index (χ1n) is 9.89. The van der Waals surface area contributed by atoms with Gasteiger partial charge in [0, 0.05) is 23.6 Å². The fourth-order valence-electron chi connectivity index (χ4n) is 3.92. The van der Waals surface area contributed by atoms with Crippen molar-refractivity contribution < 1.29 is 9.21 Å². The van der Waals surface area contributed by atoms with Crippen molar-refractivity contribution in [3.8, 4) is 0 Å². The number of piperidine rings is 1. The van der Waals surface area contributed by atoms with Gasteiger partial charge in [-0.3, -0.25) is 9.69 Å². The van der Waals surface area contributed by atoms with Gasteiger partial charge in [-0.15, -0.1) is 0 Å². The fraction of sp³-hybridized carbons (Fsp3) is 0.409. The summed E-state index contributed by atoms with van der Waals surface area (Å²) in [7, 11) is 0. The molecule has 0 radical (unpaired) electrons. The molecule has 3 aromatic rings. The Balaban J connectivity index is 1.33. The van der Waals surface area contributed by atoms with Crippen LogP contribution in [-0.2, 0) is 6.42 Å². The van der Waals surface area contributed by atoms with Crippen molar-refractivity contribution in [1.29, 1.82) is 0 Å². The van der Waals surface area contributed by atoms with E-state index in [0.29, 0.717) is 12.3 Å². The maximum Gasteiger partial charge on any atom is 0.287 e. The lowest BCUT2D eigenvalue weighted by Crippen LogP contribution is -2.32. The first kappa shape index (κ1) is 17.9. The summed E-state index contributed by atoms with van der Waals surface area (Å²) in [5.74, 6) is 1.12. The molecule has 0 unspecified atom stereocenters. The maximum atomic E-state index is 12.4. The minimum absolute atomic E-state index is 0.146. The molecule has 142 valence electrons. The molecular formula is C22H27N3O2. The van der Waals surface area contributed by atoms with Gasteiger partial charge in [0.25, 0.3) is 5.91 Å². The molecule has 0 aliphatic carbocycles. The number of nitrogens with zero attached hydrogens (tertiary/aromatic N) is 1. The number of carbonyl (C=O) groups is 1. The molecule has 0 saturated carbocycles. The largest absolute Gasteiger partial charge is 0.454 e. The predicted octanol–water partition coefficient (Wildman–Crippen LogP) is 4.28. The van der Waals surface area contributed by atoms with E-state index in [-0.39, 0.29) is 11.9 Å². The van der Waals surface area contributed by atoms with Gasteiger partial charge in [-0.1, -0.05) is 24.6 Å². The third-order valence-electron chi connectivity index (χ3n) is 5.56. The number of hydrogen-bond donors (Lipinski definition) is 2. The molecule has 1 aromatic carbocycles. The Hall–Kier alpha value is -2.53. The van der Waals surface area contributed by atoms with E-state index in [0.717, 1.165) is 30.8 Å². The number of H-pyrrole nitrogens is 1. The lowest BCUT2D eigenvalue weighted by Gasteiger charge is -2.31. The highest BCUT2D eigenvalue weighted by atomic mass is 16.4. The quantitative estimate of drug-likeness (QED) is 0.685. The highest BCUT2D eigenvalue weighted by Crippen LogP contribution is 2.25. The summed E-state index contributed by atoms with van der Waals surface area (Å²) in [5, 5.41) is 4.18. The number of carbonyl (C=O) groups excluding carboxylic acids is 1. The van der Waals surface area contributed by atoms with Gasteiger partial charge >= 0.3 is 0 Å². The number of aromatic nitrogens is 1. The number of nitrogens with one attached hydrogen (secondary N) is 2. The second-order valence-corrected chi connectivity index (χ2v) is 7.34. The average Bonchev–Trinajstić information content (AvgIpc) is 3.36. The van der Waals surface area contributed by atoms with E-state index in [1.807, 2.05) is 24.4 Å². The Morgan fingerprint density at radius 3 is 2.85 bits per heavy atom. The van der Waals surface area contributed by atoms with Crippen LogP contribution in [-0.4, -0.2) is 35.4 Å². The van der Waals surface area contributed by atoms with Gasteiger partial charge in [-0.2, -0.15) is 0 Å². The number of rotatable bonds is 6.